The third-order valence-corrected chi connectivity index (χ3v) is 1.59. The van der Waals surface area contributed by atoms with E-state index >= 15 is 0 Å². The van der Waals surface area contributed by atoms with Crippen LogP contribution in [-0.4, -0.2) is 16.6 Å². The Labute approximate surface area is 70.0 Å². The van der Waals surface area contributed by atoms with Gasteiger partial charge in [-0.15, -0.1) is 0 Å². The first-order valence-electron chi connectivity index (χ1n) is 3.74. The van der Waals surface area contributed by atoms with Gasteiger partial charge in [-0.3, -0.25) is 0 Å². The molecule has 12 heavy (non-hydrogen) atoms. The van der Waals surface area contributed by atoms with Crippen LogP contribution in [0.4, 0.5) is 4.39 Å². The molecule has 3 N–H and O–H groups in total. The molecule has 0 aliphatic heterocycles. The second-order valence-electron chi connectivity index (χ2n) is 2.48. The topological polar surface area (TPSA) is 59.1 Å². The van der Waals surface area contributed by atoms with Gasteiger partial charge in [-0.2, -0.15) is 4.39 Å². The van der Waals surface area contributed by atoms with Crippen molar-refractivity contribution in [2.75, 3.05) is 6.54 Å². The Hall–Kier alpha value is -1.00. The number of hydrogen-bond donors (Lipinski definition) is 2. The second kappa shape index (κ2) is 4.13. The van der Waals surface area contributed by atoms with Crippen LogP contribution in [0, 0.1) is 5.95 Å². The van der Waals surface area contributed by atoms with E-state index in [9.17, 15) is 9.50 Å². The first-order valence-corrected chi connectivity index (χ1v) is 3.74. The van der Waals surface area contributed by atoms with Crippen LogP contribution < -0.4 is 5.73 Å². The number of aliphatic hydroxyl groups excluding tert-OH is 1. The lowest BCUT2D eigenvalue weighted by atomic mass is 10.1. The van der Waals surface area contributed by atoms with E-state index in [-0.39, 0.29) is 5.56 Å². The molecule has 4 heteroatoms. The zero-order valence-electron chi connectivity index (χ0n) is 6.57. The first-order chi connectivity index (χ1) is 5.75. The summed E-state index contributed by atoms with van der Waals surface area (Å²) in [6.07, 6.45) is 0.847. The van der Waals surface area contributed by atoms with Crippen molar-refractivity contribution in [2.24, 2.45) is 5.73 Å². The molecule has 0 amide bonds. The molecule has 1 rings (SSSR count). The highest BCUT2D eigenvalue weighted by atomic mass is 19.1. The van der Waals surface area contributed by atoms with E-state index in [0.717, 1.165) is 0 Å². The van der Waals surface area contributed by atoms with Crippen LogP contribution in [0.5, 0.6) is 0 Å². The first kappa shape index (κ1) is 9.09. The zero-order chi connectivity index (χ0) is 8.97. The minimum Gasteiger partial charge on any atom is -0.388 e. The minimum absolute atomic E-state index is 0.211. The second-order valence-corrected chi connectivity index (χ2v) is 2.48. The number of hydrogen-bond acceptors (Lipinski definition) is 3. The van der Waals surface area contributed by atoms with Crippen molar-refractivity contribution < 1.29 is 9.50 Å². The monoisotopic (exact) mass is 170 g/mol. The molecule has 3 nitrogen and oxygen atoms in total. The average molecular weight is 170 g/mol. The molecule has 0 bridgehead atoms. The fourth-order valence-electron chi connectivity index (χ4n) is 0.960. The molecular weight excluding hydrogens is 159 g/mol. The smallest absolute Gasteiger partial charge is 0.218 e. The Morgan fingerprint density at radius 2 is 2.42 bits per heavy atom. The molecule has 0 aliphatic carbocycles. The number of nitrogens with zero attached hydrogens (tertiary/aromatic N) is 1. The molecule has 1 unspecified atom stereocenters. The van der Waals surface area contributed by atoms with Gasteiger partial charge in [-0.1, -0.05) is 6.07 Å². The minimum atomic E-state index is -0.844. The lowest BCUT2D eigenvalue weighted by Crippen LogP contribution is -2.08. The lowest BCUT2D eigenvalue weighted by Gasteiger charge is -2.08. The molecular formula is C8H11FN2O. The van der Waals surface area contributed by atoms with Gasteiger partial charge in [0.25, 0.3) is 0 Å². The molecule has 0 aliphatic rings. The summed E-state index contributed by atoms with van der Waals surface area (Å²) in [6, 6.07) is 3.08. The van der Waals surface area contributed by atoms with Crippen molar-refractivity contribution in [1.29, 1.82) is 0 Å². The van der Waals surface area contributed by atoms with Gasteiger partial charge in [0.15, 0.2) is 0 Å². The summed E-state index contributed by atoms with van der Waals surface area (Å²) < 4.78 is 12.9. The standard InChI is InChI=1S/C8H11FN2O/c9-8-6(2-1-5-11-8)7(12)3-4-10/h1-2,5,7,12H,3-4,10H2. The maximum atomic E-state index is 12.9. The van der Waals surface area contributed by atoms with Crippen LogP contribution in [0.1, 0.15) is 18.1 Å². The fourth-order valence-corrected chi connectivity index (χ4v) is 0.960. The molecule has 66 valence electrons. The van der Waals surface area contributed by atoms with E-state index < -0.39 is 12.1 Å². The van der Waals surface area contributed by atoms with E-state index in [2.05, 4.69) is 4.98 Å². The SMILES string of the molecule is NCCC(O)c1cccnc1F. The number of halogens is 1. The Morgan fingerprint density at radius 1 is 1.67 bits per heavy atom. The maximum Gasteiger partial charge on any atom is 0.218 e. The molecule has 1 aromatic rings. The van der Waals surface area contributed by atoms with Crippen molar-refractivity contribution in [3.63, 3.8) is 0 Å². The van der Waals surface area contributed by atoms with E-state index in [0.29, 0.717) is 13.0 Å². The summed E-state index contributed by atoms with van der Waals surface area (Å²) in [5, 5.41) is 9.34. The van der Waals surface area contributed by atoms with E-state index in [1.807, 2.05) is 0 Å². The van der Waals surface area contributed by atoms with Crippen molar-refractivity contribution >= 4 is 0 Å². The summed E-state index contributed by atoms with van der Waals surface area (Å²) in [6.45, 7) is 0.329. The Bertz CT molecular complexity index is 255. The Morgan fingerprint density at radius 3 is 3.00 bits per heavy atom. The van der Waals surface area contributed by atoms with Crippen LogP contribution in [0.2, 0.25) is 0 Å². The van der Waals surface area contributed by atoms with Crippen LogP contribution in [0.25, 0.3) is 0 Å². The third-order valence-electron chi connectivity index (χ3n) is 1.59. The quantitative estimate of drug-likeness (QED) is 0.653. The molecule has 0 saturated heterocycles. The van der Waals surface area contributed by atoms with Gasteiger partial charge >= 0.3 is 0 Å². The average Bonchev–Trinajstić information content (AvgIpc) is 2.05. The van der Waals surface area contributed by atoms with E-state index in [1.165, 1.54) is 12.3 Å². The van der Waals surface area contributed by atoms with Gasteiger partial charge in [0.1, 0.15) is 0 Å². The molecule has 0 saturated carbocycles. The maximum absolute atomic E-state index is 12.9. The van der Waals surface area contributed by atoms with E-state index in [4.69, 9.17) is 5.73 Å². The van der Waals surface area contributed by atoms with Gasteiger partial charge in [0, 0.05) is 11.8 Å². The molecule has 0 radical (unpaired) electrons. The van der Waals surface area contributed by atoms with Crippen molar-refractivity contribution in [1.82, 2.24) is 4.98 Å². The number of aliphatic hydroxyl groups is 1. The number of nitrogens with two attached hydrogens (primary N) is 1. The number of aromatic nitrogens is 1. The highest BCUT2D eigenvalue weighted by molar-refractivity contribution is 5.13. The van der Waals surface area contributed by atoms with Gasteiger partial charge in [0.2, 0.25) is 5.95 Å². The molecule has 0 spiro atoms. The summed E-state index contributed by atoms with van der Waals surface area (Å²) >= 11 is 0. The molecule has 1 aromatic heterocycles. The third kappa shape index (κ3) is 1.99. The Kier molecular flexibility index (Phi) is 3.13. The normalized spacial score (nSPS) is 12.9. The number of rotatable bonds is 3. The highest BCUT2D eigenvalue weighted by Crippen LogP contribution is 2.16. The predicted octanol–water partition coefficient (Wildman–Crippen LogP) is 0.603. The summed E-state index contributed by atoms with van der Waals surface area (Å²) in [7, 11) is 0. The number of pyridine rings is 1. The van der Waals surface area contributed by atoms with Crippen molar-refractivity contribution in [3.8, 4) is 0 Å². The van der Waals surface area contributed by atoms with Gasteiger partial charge < -0.3 is 10.8 Å². The summed E-state index contributed by atoms with van der Waals surface area (Å²) in [5.41, 5.74) is 5.43. The van der Waals surface area contributed by atoms with Gasteiger partial charge in [-0.05, 0) is 19.0 Å². The Balaban J connectivity index is 2.79. The van der Waals surface area contributed by atoms with Crippen molar-refractivity contribution in [3.05, 3.63) is 29.8 Å². The van der Waals surface area contributed by atoms with Crippen LogP contribution in [-0.2, 0) is 0 Å². The molecule has 1 atom stereocenters. The summed E-state index contributed by atoms with van der Waals surface area (Å²) in [5.74, 6) is -0.626. The molecule has 0 fully saturated rings. The van der Waals surface area contributed by atoms with Gasteiger partial charge in [0.05, 0.1) is 6.10 Å². The van der Waals surface area contributed by atoms with Crippen molar-refractivity contribution in [2.45, 2.75) is 12.5 Å². The highest BCUT2D eigenvalue weighted by Gasteiger charge is 2.11. The molecule has 1 heterocycles. The largest absolute Gasteiger partial charge is 0.388 e. The summed E-state index contributed by atoms with van der Waals surface area (Å²) in [4.78, 5) is 3.41. The van der Waals surface area contributed by atoms with Gasteiger partial charge in [-0.25, -0.2) is 4.98 Å². The zero-order valence-corrected chi connectivity index (χ0v) is 6.57. The molecule has 0 aromatic carbocycles. The van der Waals surface area contributed by atoms with Crippen LogP contribution in [0.15, 0.2) is 18.3 Å². The van der Waals surface area contributed by atoms with Crippen LogP contribution in [0.3, 0.4) is 0 Å². The van der Waals surface area contributed by atoms with Crippen LogP contribution >= 0.6 is 0 Å². The lowest BCUT2D eigenvalue weighted by molar-refractivity contribution is 0.164. The predicted molar refractivity (Wildman–Crippen MR) is 42.8 cm³/mol. The van der Waals surface area contributed by atoms with E-state index in [1.54, 1.807) is 6.07 Å². The fraction of sp³-hybridized carbons (Fsp3) is 0.375.